The topological polar surface area (TPSA) is 80.6 Å². The summed E-state index contributed by atoms with van der Waals surface area (Å²) in [6, 6.07) is 6.17. The van der Waals surface area contributed by atoms with Gasteiger partial charge in [-0.3, -0.25) is 4.79 Å². The minimum absolute atomic E-state index is 0.0762. The van der Waals surface area contributed by atoms with E-state index in [4.69, 9.17) is 11.2 Å². The van der Waals surface area contributed by atoms with E-state index in [0.29, 0.717) is 11.6 Å². The number of rotatable bonds is 7. The molecule has 2 aromatic rings. The summed E-state index contributed by atoms with van der Waals surface area (Å²) in [5, 5.41) is 13.2. The van der Waals surface area contributed by atoms with Crippen molar-refractivity contribution in [2.24, 2.45) is 0 Å². The molecule has 6 heteroatoms. The van der Waals surface area contributed by atoms with Gasteiger partial charge in [0.25, 0.3) is 5.91 Å². The molecule has 1 fully saturated rings. The molecular formula is C23H26N2O4. The number of nitrogens with one attached hydrogen (secondary N) is 1. The van der Waals surface area contributed by atoms with E-state index in [1.54, 1.807) is 0 Å². The first-order valence-electron chi connectivity index (χ1n) is 9.86. The lowest BCUT2D eigenvalue weighted by atomic mass is 10.1. The standard InChI is InChI=1S/C23H26N2O4/c1-3-13-29-21(27)9-6-12-24-23(28)22-16(2)25(18-7-4-5-8-18)20-11-10-17(15-26)14-19(20)22/h1,6,9-11,14,18,26H,4-5,7-8,12-13,15H2,2H3,(H,24,28)/b9-6+. The van der Waals surface area contributed by atoms with Crippen LogP contribution in [0.2, 0.25) is 0 Å². The smallest absolute Gasteiger partial charge is 0.331 e. The fourth-order valence-corrected chi connectivity index (χ4v) is 4.06. The fourth-order valence-electron chi connectivity index (χ4n) is 4.06. The third kappa shape index (κ3) is 4.52. The zero-order valence-corrected chi connectivity index (χ0v) is 16.6. The number of aliphatic hydroxyl groups is 1. The Morgan fingerprint density at radius 2 is 2.14 bits per heavy atom. The van der Waals surface area contributed by atoms with Gasteiger partial charge in [0.15, 0.2) is 6.61 Å². The van der Waals surface area contributed by atoms with Crippen molar-refractivity contribution in [1.29, 1.82) is 0 Å². The van der Waals surface area contributed by atoms with Crippen LogP contribution in [0.15, 0.2) is 30.4 Å². The average molecular weight is 394 g/mol. The maximum atomic E-state index is 13.0. The number of carbonyl (C=O) groups is 2. The second-order valence-corrected chi connectivity index (χ2v) is 7.20. The highest BCUT2D eigenvalue weighted by atomic mass is 16.5. The van der Waals surface area contributed by atoms with Crippen molar-refractivity contribution < 1.29 is 19.4 Å². The molecule has 2 N–H and O–H groups in total. The normalized spacial score (nSPS) is 14.4. The molecule has 152 valence electrons. The lowest BCUT2D eigenvalue weighted by molar-refractivity contribution is -0.136. The van der Waals surface area contributed by atoms with Crippen LogP contribution in [0.25, 0.3) is 10.9 Å². The number of esters is 1. The molecule has 1 aromatic heterocycles. The SMILES string of the molecule is C#CCOC(=O)/C=C/CNC(=O)c1c(C)n(C2CCCC2)c2ccc(CO)cc12. The van der Waals surface area contributed by atoms with E-state index >= 15 is 0 Å². The van der Waals surface area contributed by atoms with E-state index in [1.807, 2.05) is 25.1 Å². The number of carbonyl (C=O) groups excluding carboxylic acids is 2. The van der Waals surface area contributed by atoms with Gasteiger partial charge in [-0.25, -0.2) is 4.79 Å². The van der Waals surface area contributed by atoms with Crippen LogP contribution in [0.5, 0.6) is 0 Å². The molecule has 0 bridgehead atoms. The first-order chi connectivity index (χ1) is 14.1. The Hall–Kier alpha value is -3.04. The number of hydrogen-bond acceptors (Lipinski definition) is 4. The zero-order valence-electron chi connectivity index (χ0n) is 16.6. The number of fused-ring (bicyclic) bond motifs is 1. The van der Waals surface area contributed by atoms with Crippen molar-refractivity contribution in [2.45, 2.75) is 45.3 Å². The monoisotopic (exact) mass is 394 g/mol. The van der Waals surface area contributed by atoms with Crippen molar-refractivity contribution >= 4 is 22.8 Å². The number of ether oxygens (including phenoxy) is 1. The van der Waals surface area contributed by atoms with Gasteiger partial charge < -0.3 is 19.7 Å². The predicted octanol–water partition coefficient (Wildman–Crippen LogP) is 3.02. The van der Waals surface area contributed by atoms with Gasteiger partial charge in [0.1, 0.15) is 0 Å². The van der Waals surface area contributed by atoms with Gasteiger partial charge in [0, 0.05) is 35.3 Å². The highest BCUT2D eigenvalue weighted by Crippen LogP contribution is 2.37. The van der Waals surface area contributed by atoms with Gasteiger partial charge in [-0.1, -0.05) is 30.9 Å². The molecule has 3 rings (SSSR count). The molecule has 0 aliphatic heterocycles. The van der Waals surface area contributed by atoms with E-state index in [1.165, 1.54) is 25.0 Å². The third-order valence-corrected chi connectivity index (χ3v) is 5.34. The molecule has 1 amide bonds. The van der Waals surface area contributed by atoms with Crippen LogP contribution in [0.3, 0.4) is 0 Å². The van der Waals surface area contributed by atoms with E-state index in [2.05, 4.69) is 15.8 Å². The molecule has 0 radical (unpaired) electrons. The van der Waals surface area contributed by atoms with E-state index in [0.717, 1.165) is 35.0 Å². The van der Waals surface area contributed by atoms with Crippen LogP contribution in [-0.4, -0.2) is 34.7 Å². The van der Waals surface area contributed by atoms with E-state index in [-0.39, 0.29) is 25.7 Å². The highest BCUT2D eigenvalue weighted by Gasteiger charge is 2.26. The maximum Gasteiger partial charge on any atom is 0.331 e. The van der Waals surface area contributed by atoms with Crippen LogP contribution in [0.1, 0.15) is 53.3 Å². The minimum Gasteiger partial charge on any atom is -0.449 e. The fraction of sp³-hybridized carbons (Fsp3) is 0.391. The van der Waals surface area contributed by atoms with Crippen molar-refractivity contribution in [2.75, 3.05) is 13.2 Å². The molecule has 0 spiro atoms. The summed E-state index contributed by atoms with van der Waals surface area (Å²) in [5.74, 6) is 1.47. The largest absolute Gasteiger partial charge is 0.449 e. The molecule has 0 unspecified atom stereocenters. The second-order valence-electron chi connectivity index (χ2n) is 7.20. The molecule has 1 aromatic carbocycles. The van der Waals surface area contributed by atoms with Crippen LogP contribution in [-0.2, 0) is 16.1 Å². The number of benzene rings is 1. The molecule has 29 heavy (non-hydrogen) atoms. The second kappa shape index (κ2) is 9.44. The van der Waals surface area contributed by atoms with Crippen molar-refractivity contribution in [3.05, 3.63) is 47.2 Å². The molecule has 0 saturated heterocycles. The first kappa shape index (κ1) is 20.7. The summed E-state index contributed by atoms with van der Waals surface area (Å²) in [5.41, 5.74) is 3.33. The number of nitrogens with zero attached hydrogens (tertiary/aromatic N) is 1. The summed E-state index contributed by atoms with van der Waals surface area (Å²) in [7, 11) is 0. The number of hydrogen-bond donors (Lipinski definition) is 2. The van der Waals surface area contributed by atoms with Gasteiger partial charge in [-0.15, -0.1) is 6.42 Å². The molecule has 1 aliphatic rings. The summed E-state index contributed by atoms with van der Waals surface area (Å²) in [6.07, 6.45) is 12.4. The first-order valence-corrected chi connectivity index (χ1v) is 9.86. The molecule has 1 heterocycles. The molecular weight excluding hydrogens is 368 g/mol. The lowest BCUT2D eigenvalue weighted by Gasteiger charge is -2.16. The van der Waals surface area contributed by atoms with Gasteiger partial charge in [0.2, 0.25) is 0 Å². The molecule has 0 atom stereocenters. The van der Waals surface area contributed by atoms with Crippen LogP contribution >= 0.6 is 0 Å². The summed E-state index contributed by atoms with van der Waals surface area (Å²) in [4.78, 5) is 24.4. The van der Waals surface area contributed by atoms with E-state index in [9.17, 15) is 14.7 Å². The van der Waals surface area contributed by atoms with Gasteiger partial charge in [-0.05, 0) is 37.5 Å². The predicted molar refractivity (Wildman–Crippen MR) is 111 cm³/mol. The van der Waals surface area contributed by atoms with Crippen molar-refractivity contribution in [1.82, 2.24) is 9.88 Å². The number of amides is 1. The Kier molecular flexibility index (Phi) is 6.73. The highest BCUT2D eigenvalue weighted by molar-refractivity contribution is 6.08. The number of aromatic nitrogens is 1. The Labute approximate surface area is 170 Å². The van der Waals surface area contributed by atoms with Gasteiger partial charge >= 0.3 is 5.97 Å². The van der Waals surface area contributed by atoms with Gasteiger partial charge in [-0.2, -0.15) is 0 Å². The summed E-state index contributed by atoms with van der Waals surface area (Å²) >= 11 is 0. The van der Waals surface area contributed by atoms with Crippen LogP contribution in [0, 0.1) is 19.3 Å². The maximum absolute atomic E-state index is 13.0. The Balaban J connectivity index is 1.84. The number of terminal acetylenes is 1. The molecule has 1 aliphatic carbocycles. The van der Waals surface area contributed by atoms with E-state index < -0.39 is 5.97 Å². The lowest BCUT2D eigenvalue weighted by Crippen LogP contribution is -2.24. The quantitative estimate of drug-likeness (QED) is 0.430. The Morgan fingerprint density at radius 3 is 2.83 bits per heavy atom. The molecule has 6 nitrogen and oxygen atoms in total. The zero-order chi connectivity index (χ0) is 20.8. The van der Waals surface area contributed by atoms with Crippen LogP contribution < -0.4 is 5.32 Å². The van der Waals surface area contributed by atoms with Gasteiger partial charge in [0.05, 0.1) is 12.2 Å². The minimum atomic E-state index is -0.543. The van der Waals surface area contributed by atoms with Crippen LogP contribution in [0.4, 0.5) is 0 Å². The summed E-state index contributed by atoms with van der Waals surface area (Å²) < 4.78 is 7.01. The molecule has 1 saturated carbocycles. The number of aliphatic hydroxyl groups excluding tert-OH is 1. The Bertz CT molecular complexity index is 975. The Morgan fingerprint density at radius 1 is 1.38 bits per heavy atom. The summed E-state index contributed by atoms with van der Waals surface area (Å²) in [6.45, 7) is 2.01. The third-order valence-electron chi connectivity index (χ3n) is 5.34. The average Bonchev–Trinajstić information content (AvgIpc) is 3.34. The van der Waals surface area contributed by atoms with Crippen molar-refractivity contribution in [3.8, 4) is 12.3 Å². The van der Waals surface area contributed by atoms with Crippen molar-refractivity contribution in [3.63, 3.8) is 0 Å².